The lowest BCUT2D eigenvalue weighted by Gasteiger charge is -2.03. The number of benzene rings is 1. The van der Waals surface area contributed by atoms with Crippen molar-refractivity contribution in [2.45, 2.75) is 13.8 Å². The molecule has 0 aliphatic rings. The first-order valence-electron chi connectivity index (χ1n) is 5.97. The summed E-state index contributed by atoms with van der Waals surface area (Å²) in [6.07, 6.45) is 0. The Balaban J connectivity index is 2.20. The number of carbonyl (C=O) groups excluding carboxylic acids is 1. The SMILES string of the molecule is COc1ccc(C(=O)O[n+]2c(C)cccc2C)cc1. The first-order valence-corrected chi connectivity index (χ1v) is 5.97. The molecule has 0 aliphatic heterocycles. The van der Waals surface area contributed by atoms with Crippen LogP contribution in [0.1, 0.15) is 21.7 Å². The Bertz CT molecular complexity index is 571. The minimum atomic E-state index is -0.398. The molecule has 1 heterocycles. The number of rotatable bonds is 3. The van der Waals surface area contributed by atoms with Crippen molar-refractivity contribution in [3.8, 4) is 5.75 Å². The van der Waals surface area contributed by atoms with Crippen molar-refractivity contribution >= 4 is 5.97 Å². The largest absolute Gasteiger partial charge is 0.497 e. The summed E-state index contributed by atoms with van der Waals surface area (Å²) in [6.45, 7) is 3.77. The molecule has 0 atom stereocenters. The summed E-state index contributed by atoms with van der Waals surface area (Å²) in [5.41, 5.74) is 2.21. The van der Waals surface area contributed by atoms with Gasteiger partial charge in [0.1, 0.15) is 5.75 Å². The second-order valence-electron chi connectivity index (χ2n) is 4.21. The molecular formula is C15H16NO3+. The Hall–Kier alpha value is -2.36. The van der Waals surface area contributed by atoms with Crippen LogP contribution in [0.3, 0.4) is 0 Å². The van der Waals surface area contributed by atoms with Crippen LogP contribution in [0.15, 0.2) is 42.5 Å². The van der Waals surface area contributed by atoms with Gasteiger partial charge in [0.2, 0.25) is 11.4 Å². The van der Waals surface area contributed by atoms with E-state index >= 15 is 0 Å². The summed E-state index contributed by atoms with van der Waals surface area (Å²) in [6, 6.07) is 12.5. The third-order valence-corrected chi connectivity index (χ3v) is 2.82. The molecule has 0 saturated carbocycles. The van der Waals surface area contributed by atoms with E-state index in [1.807, 2.05) is 32.0 Å². The van der Waals surface area contributed by atoms with Crippen molar-refractivity contribution in [1.29, 1.82) is 0 Å². The third-order valence-electron chi connectivity index (χ3n) is 2.82. The maximum absolute atomic E-state index is 12.0. The molecule has 4 heteroatoms. The summed E-state index contributed by atoms with van der Waals surface area (Å²) in [4.78, 5) is 17.4. The number of hydrogen-bond donors (Lipinski definition) is 0. The van der Waals surface area contributed by atoms with E-state index < -0.39 is 5.97 Å². The molecule has 0 N–H and O–H groups in total. The lowest BCUT2D eigenvalue weighted by Crippen LogP contribution is -2.50. The second kappa shape index (κ2) is 5.52. The van der Waals surface area contributed by atoms with E-state index in [1.165, 1.54) is 4.73 Å². The molecule has 1 aromatic carbocycles. The average Bonchev–Trinajstić information content (AvgIpc) is 2.43. The highest BCUT2D eigenvalue weighted by Gasteiger charge is 2.19. The van der Waals surface area contributed by atoms with Gasteiger partial charge in [-0.1, -0.05) is 0 Å². The third kappa shape index (κ3) is 2.91. The Morgan fingerprint density at radius 1 is 1.00 bits per heavy atom. The predicted octanol–water partition coefficient (Wildman–Crippen LogP) is 1.87. The highest BCUT2D eigenvalue weighted by molar-refractivity contribution is 5.89. The zero-order valence-electron chi connectivity index (χ0n) is 11.2. The van der Waals surface area contributed by atoms with Crippen LogP contribution >= 0.6 is 0 Å². The van der Waals surface area contributed by atoms with Gasteiger partial charge in [-0.05, 0) is 30.3 Å². The highest BCUT2D eigenvalue weighted by Crippen LogP contribution is 2.11. The normalized spacial score (nSPS) is 10.1. The monoisotopic (exact) mass is 258 g/mol. The minimum Gasteiger partial charge on any atom is -0.497 e. The van der Waals surface area contributed by atoms with Crippen molar-refractivity contribution in [2.24, 2.45) is 0 Å². The van der Waals surface area contributed by atoms with E-state index in [0.29, 0.717) is 11.3 Å². The van der Waals surface area contributed by atoms with E-state index in [4.69, 9.17) is 9.57 Å². The fourth-order valence-electron chi connectivity index (χ4n) is 1.75. The van der Waals surface area contributed by atoms with Crippen molar-refractivity contribution < 1.29 is 19.1 Å². The minimum absolute atomic E-state index is 0.398. The lowest BCUT2D eigenvalue weighted by atomic mass is 10.2. The van der Waals surface area contributed by atoms with Crippen molar-refractivity contribution in [2.75, 3.05) is 7.11 Å². The molecule has 19 heavy (non-hydrogen) atoms. The highest BCUT2D eigenvalue weighted by atomic mass is 16.7. The van der Waals surface area contributed by atoms with Gasteiger partial charge < -0.3 is 4.74 Å². The van der Waals surface area contributed by atoms with Crippen LogP contribution in [0.4, 0.5) is 0 Å². The topological polar surface area (TPSA) is 39.4 Å². The Morgan fingerprint density at radius 3 is 2.11 bits per heavy atom. The number of aryl methyl sites for hydroxylation is 2. The summed E-state index contributed by atoms with van der Waals surface area (Å²) >= 11 is 0. The molecule has 0 saturated heterocycles. The van der Waals surface area contributed by atoms with Gasteiger partial charge in [-0.3, -0.25) is 0 Å². The van der Waals surface area contributed by atoms with Crippen LogP contribution in [0, 0.1) is 13.8 Å². The quantitative estimate of drug-likeness (QED) is 0.789. The van der Waals surface area contributed by atoms with Gasteiger partial charge >= 0.3 is 5.97 Å². The first-order chi connectivity index (χ1) is 9.11. The molecule has 0 unspecified atom stereocenters. The van der Waals surface area contributed by atoms with Crippen LogP contribution < -0.4 is 14.3 Å². The molecule has 2 rings (SSSR count). The van der Waals surface area contributed by atoms with E-state index in [-0.39, 0.29) is 0 Å². The van der Waals surface area contributed by atoms with E-state index in [1.54, 1.807) is 31.4 Å². The first kappa shape index (κ1) is 13.1. The standard InChI is InChI=1S/C15H16NO3/c1-11-5-4-6-12(2)16(11)19-15(17)13-7-9-14(18-3)10-8-13/h4-10H,1-3H3/q+1. The van der Waals surface area contributed by atoms with E-state index in [9.17, 15) is 4.79 Å². The lowest BCUT2D eigenvalue weighted by molar-refractivity contribution is -0.876. The van der Waals surface area contributed by atoms with Gasteiger partial charge in [-0.15, -0.1) is 0 Å². The molecule has 0 radical (unpaired) electrons. The molecule has 0 fully saturated rings. The zero-order chi connectivity index (χ0) is 13.8. The summed E-state index contributed by atoms with van der Waals surface area (Å²) in [7, 11) is 1.58. The fraction of sp³-hybridized carbons (Fsp3) is 0.200. The van der Waals surface area contributed by atoms with Crippen LogP contribution in [0.2, 0.25) is 0 Å². The molecule has 4 nitrogen and oxygen atoms in total. The van der Waals surface area contributed by atoms with Gasteiger partial charge in [0.05, 0.1) is 12.7 Å². The van der Waals surface area contributed by atoms with E-state index in [2.05, 4.69) is 0 Å². The Labute approximate surface area is 112 Å². The van der Waals surface area contributed by atoms with Crippen LogP contribution in [-0.2, 0) is 0 Å². The molecule has 98 valence electrons. The molecule has 2 aromatic rings. The average molecular weight is 258 g/mol. The van der Waals surface area contributed by atoms with Crippen LogP contribution in [0.25, 0.3) is 0 Å². The van der Waals surface area contributed by atoms with Crippen molar-refractivity contribution in [3.63, 3.8) is 0 Å². The number of carbonyl (C=O) groups is 1. The van der Waals surface area contributed by atoms with Gasteiger partial charge in [0, 0.05) is 30.7 Å². The number of hydrogen-bond acceptors (Lipinski definition) is 3. The summed E-state index contributed by atoms with van der Waals surface area (Å²) in [5.74, 6) is 0.307. The maximum atomic E-state index is 12.0. The maximum Gasteiger partial charge on any atom is 0.411 e. The zero-order valence-corrected chi connectivity index (χ0v) is 11.2. The second-order valence-corrected chi connectivity index (χ2v) is 4.21. The number of aromatic nitrogens is 1. The molecule has 0 bridgehead atoms. The Morgan fingerprint density at radius 2 is 1.58 bits per heavy atom. The predicted molar refractivity (Wildman–Crippen MR) is 70.0 cm³/mol. The van der Waals surface area contributed by atoms with E-state index in [0.717, 1.165) is 11.4 Å². The molecule has 0 amide bonds. The summed E-state index contributed by atoms with van der Waals surface area (Å²) < 4.78 is 6.57. The van der Waals surface area contributed by atoms with Crippen LogP contribution in [0.5, 0.6) is 5.75 Å². The van der Waals surface area contributed by atoms with Crippen molar-refractivity contribution in [1.82, 2.24) is 0 Å². The van der Waals surface area contributed by atoms with Gasteiger partial charge in [0.25, 0.3) is 0 Å². The van der Waals surface area contributed by atoms with Gasteiger partial charge in [-0.2, -0.15) is 4.84 Å². The molecule has 0 spiro atoms. The van der Waals surface area contributed by atoms with Gasteiger partial charge in [-0.25, -0.2) is 4.79 Å². The molecule has 1 aromatic heterocycles. The fourth-order valence-corrected chi connectivity index (χ4v) is 1.75. The summed E-state index contributed by atoms with van der Waals surface area (Å²) in [5, 5.41) is 0. The smallest absolute Gasteiger partial charge is 0.411 e. The van der Waals surface area contributed by atoms with Crippen LogP contribution in [-0.4, -0.2) is 13.1 Å². The number of pyridine rings is 1. The molecular weight excluding hydrogens is 242 g/mol. The molecule has 0 aliphatic carbocycles. The van der Waals surface area contributed by atoms with Crippen molar-refractivity contribution in [3.05, 3.63) is 59.4 Å². The number of methoxy groups -OCH3 is 1. The Kier molecular flexibility index (Phi) is 3.80. The van der Waals surface area contributed by atoms with Gasteiger partial charge in [0.15, 0.2) is 0 Å². The number of ether oxygens (including phenoxy) is 1. The number of nitrogens with zero attached hydrogens (tertiary/aromatic N) is 1.